The molecule has 0 aliphatic rings. The fraction of sp³-hybridized carbons (Fsp3) is 0.417. The van der Waals surface area contributed by atoms with Gasteiger partial charge in [0, 0.05) is 6.42 Å². The fourth-order valence-corrected chi connectivity index (χ4v) is 1.31. The van der Waals surface area contributed by atoms with Gasteiger partial charge in [-0.3, -0.25) is 4.79 Å². The Kier molecular flexibility index (Phi) is 3.83. The zero-order chi connectivity index (χ0) is 11.4. The number of nitrogens with one attached hydrogen (secondary N) is 1. The van der Waals surface area contributed by atoms with Crippen molar-refractivity contribution in [2.75, 3.05) is 5.32 Å². The van der Waals surface area contributed by atoms with Gasteiger partial charge < -0.3 is 5.32 Å². The summed E-state index contributed by atoms with van der Waals surface area (Å²) >= 11 is 0. The van der Waals surface area contributed by atoms with E-state index in [0.717, 1.165) is 5.56 Å². The zero-order valence-corrected chi connectivity index (χ0v) is 9.30. The molecule has 15 heavy (non-hydrogen) atoms. The lowest BCUT2D eigenvalue weighted by Gasteiger charge is -2.08. The molecule has 0 spiro atoms. The number of hydrogen-bond acceptors (Lipinski definition) is 1. The second-order valence-corrected chi connectivity index (χ2v) is 4.13. The normalized spacial score (nSPS) is 10.5. The van der Waals surface area contributed by atoms with E-state index in [2.05, 4.69) is 5.32 Å². The molecule has 0 aliphatic carbocycles. The van der Waals surface area contributed by atoms with Crippen LogP contribution >= 0.6 is 0 Å². The molecule has 0 unspecified atom stereocenters. The van der Waals surface area contributed by atoms with Gasteiger partial charge >= 0.3 is 0 Å². The molecule has 0 heterocycles. The minimum atomic E-state index is -0.391. The highest BCUT2D eigenvalue weighted by molar-refractivity contribution is 5.91. The van der Waals surface area contributed by atoms with Crippen molar-refractivity contribution in [3.8, 4) is 0 Å². The summed E-state index contributed by atoms with van der Waals surface area (Å²) in [6, 6.07) is 4.67. The molecule has 0 fully saturated rings. The van der Waals surface area contributed by atoms with E-state index in [1.807, 2.05) is 20.8 Å². The molecule has 1 rings (SSSR count). The highest BCUT2D eigenvalue weighted by Gasteiger charge is 2.08. The fourth-order valence-electron chi connectivity index (χ4n) is 1.31. The van der Waals surface area contributed by atoms with Crippen molar-refractivity contribution in [3.05, 3.63) is 29.6 Å². The summed E-state index contributed by atoms with van der Waals surface area (Å²) in [5.74, 6) is -0.259. The van der Waals surface area contributed by atoms with Crippen molar-refractivity contribution in [2.24, 2.45) is 5.92 Å². The topological polar surface area (TPSA) is 29.1 Å². The molecule has 0 radical (unpaired) electrons. The molecule has 1 aromatic carbocycles. The van der Waals surface area contributed by atoms with Gasteiger partial charge in [0.05, 0.1) is 5.69 Å². The van der Waals surface area contributed by atoms with Crippen LogP contribution in [0.5, 0.6) is 0 Å². The summed E-state index contributed by atoms with van der Waals surface area (Å²) in [5.41, 5.74) is 1.19. The standard InChI is InChI=1S/C12H16FNO/c1-8(2)6-12(15)14-11-7-9(3)4-5-10(11)13/h4-5,7-8H,6H2,1-3H3,(H,14,15). The van der Waals surface area contributed by atoms with Crippen LogP contribution in [0, 0.1) is 18.7 Å². The average Bonchev–Trinajstić information content (AvgIpc) is 2.10. The smallest absolute Gasteiger partial charge is 0.224 e. The van der Waals surface area contributed by atoms with Gasteiger partial charge in [-0.05, 0) is 30.5 Å². The Labute approximate surface area is 89.5 Å². The van der Waals surface area contributed by atoms with Gasteiger partial charge in [-0.1, -0.05) is 19.9 Å². The first-order chi connectivity index (χ1) is 6.99. The Morgan fingerprint density at radius 3 is 2.73 bits per heavy atom. The Bertz CT molecular complexity index is 361. The summed E-state index contributed by atoms with van der Waals surface area (Å²) < 4.78 is 13.3. The zero-order valence-electron chi connectivity index (χ0n) is 9.30. The monoisotopic (exact) mass is 209 g/mol. The molecule has 0 saturated heterocycles. The third-order valence-electron chi connectivity index (χ3n) is 1.99. The van der Waals surface area contributed by atoms with Crippen molar-refractivity contribution < 1.29 is 9.18 Å². The van der Waals surface area contributed by atoms with Crippen LogP contribution in [-0.4, -0.2) is 5.91 Å². The van der Waals surface area contributed by atoms with Crippen LogP contribution in [0.2, 0.25) is 0 Å². The minimum absolute atomic E-state index is 0.144. The molecule has 0 aliphatic heterocycles. The van der Waals surface area contributed by atoms with Gasteiger partial charge in [-0.25, -0.2) is 4.39 Å². The van der Waals surface area contributed by atoms with E-state index in [1.165, 1.54) is 6.07 Å². The summed E-state index contributed by atoms with van der Waals surface area (Å²) in [5, 5.41) is 2.57. The van der Waals surface area contributed by atoms with Crippen LogP contribution in [0.15, 0.2) is 18.2 Å². The number of anilines is 1. The summed E-state index contributed by atoms with van der Waals surface area (Å²) in [6.45, 7) is 5.76. The van der Waals surface area contributed by atoms with Crippen molar-refractivity contribution in [2.45, 2.75) is 27.2 Å². The SMILES string of the molecule is Cc1ccc(F)c(NC(=O)CC(C)C)c1. The molecule has 0 saturated carbocycles. The number of aryl methyl sites for hydroxylation is 1. The molecule has 0 bridgehead atoms. The van der Waals surface area contributed by atoms with Gasteiger partial charge in [0.15, 0.2) is 0 Å². The largest absolute Gasteiger partial charge is 0.324 e. The van der Waals surface area contributed by atoms with Gasteiger partial charge in [0.25, 0.3) is 0 Å². The average molecular weight is 209 g/mol. The van der Waals surface area contributed by atoms with Crippen molar-refractivity contribution in [1.29, 1.82) is 0 Å². The van der Waals surface area contributed by atoms with Gasteiger partial charge in [-0.15, -0.1) is 0 Å². The first-order valence-electron chi connectivity index (χ1n) is 5.05. The van der Waals surface area contributed by atoms with E-state index >= 15 is 0 Å². The molecular formula is C12H16FNO. The Morgan fingerprint density at radius 1 is 1.47 bits per heavy atom. The van der Waals surface area contributed by atoms with E-state index in [1.54, 1.807) is 12.1 Å². The number of amides is 1. The molecule has 82 valence electrons. The maximum atomic E-state index is 13.3. The Hall–Kier alpha value is -1.38. The summed E-state index contributed by atoms with van der Waals surface area (Å²) in [4.78, 5) is 11.4. The molecule has 1 aromatic rings. The maximum absolute atomic E-state index is 13.3. The Morgan fingerprint density at radius 2 is 2.13 bits per heavy atom. The number of carbonyl (C=O) groups is 1. The predicted octanol–water partition coefficient (Wildman–Crippen LogP) is 3.12. The molecule has 0 atom stereocenters. The van der Waals surface area contributed by atoms with Gasteiger partial charge in [0.1, 0.15) is 5.82 Å². The van der Waals surface area contributed by atoms with Crippen molar-refractivity contribution >= 4 is 11.6 Å². The molecular weight excluding hydrogens is 193 g/mol. The highest BCUT2D eigenvalue weighted by atomic mass is 19.1. The summed E-state index contributed by atoms with van der Waals surface area (Å²) in [6.07, 6.45) is 0.410. The van der Waals surface area contributed by atoms with Crippen LogP contribution in [0.25, 0.3) is 0 Å². The lowest BCUT2D eigenvalue weighted by Crippen LogP contribution is -2.14. The van der Waals surface area contributed by atoms with E-state index in [4.69, 9.17) is 0 Å². The van der Waals surface area contributed by atoms with Crippen LogP contribution in [-0.2, 0) is 4.79 Å². The minimum Gasteiger partial charge on any atom is -0.324 e. The van der Waals surface area contributed by atoms with Crippen LogP contribution in [0.1, 0.15) is 25.8 Å². The lowest BCUT2D eigenvalue weighted by atomic mass is 10.1. The van der Waals surface area contributed by atoms with E-state index < -0.39 is 5.82 Å². The van der Waals surface area contributed by atoms with Crippen LogP contribution in [0.3, 0.4) is 0 Å². The predicted molar refractivity (Wildman–Crippen MR) is 59.2 cm³/mol. The van der Waals surface area contributed by atoms with Crippen molar-refractivity contribution in [1.82, 2.24) is 0 Å². The van der Waals surface area contributed by atoms with Gasteiger partial charge in [-0.2, -0.15) is 0 Å². The second kappa shape index (κ2) is 4.91. The highest BCUT2D eigenvalue weighted by Crippen LogP contribution is 2.16. The Balaban J connectivity index is 2.71. The van der Waals surface area contributed by atoms with E-state index in [9.17, 15) is 9.18 Å². The third-order valence-corrected chi connectivity index (χ3v) is 1.99. The second-order valence-electron chi connectivity index (χ2n) is 4.13. The first-order valence-corrected chi connectivity index (χ1v) is 5.05. The molecule has 0 aromatic heterocycles. The maximum Gasteiger partial charge on any atom is 0.224 e. The molecule has 3 heteroatoms. The quantitative estimate of drug-likeness (QED) is 0.814. The number of hydrogen-bond donors (Lipinski definition) is 1. The van der Waals surface area contributed by atoms with Crippen molar-refractivity contribution in [3.63, 3.8) is 0 Å². The molecule has 1 amide bonds. The van der Waals surface area contributed by atoms with Crippen LogP contribution in [0.4, 0.5) is 10.1 Å². The number of benzene rings is 1. The number of carbonyl (C=O) groups excluding carboxylic acids is 1. The van der Waals surface area contributed by atoms with Gasteiger partial charge in [0.2, 0.25) is 5.91 Å². The van der Waals surface area contributed by atoms with Crippen LogP contribution < -0.4 is 5.32 Å². The third kappa shape index (κ3) is 3.70. The van der Waals surface area contributed by atoms with E-state index in [-0.39, 0.29) is 17.5 Å². The summed E-state index contributed by atoms with van der Waals surface area (Å²) in [7, 11) is 0. The lowest BCUT2D eigenvalue weighted by molar-refractivity contribution is -0.116. The molecule has 2 nitrogen and oxygen atoms in total. The number of rotatable bonds is 3. The first kappa shape index (κ1) is 11.7. The van der Waals surface area contributed by atoms with E-state index in [0.29, 0.717) is 6.42 Å². The molecule has 1 N–H and O–H groups in total. The number of halogens is 1.